The lowest BCUT2D eigenvalue weighted by molar-refractivity contribution is 0.192. The summed E-state index contributed by atoms with van der Waals surface area (Å²) < 4.78 is 6.96. The fourth-order valence-corrected chi connectivity index (χ4v) is 1.62. The lowest BCUT2D eigenvalue weighted by Gasteiger charge is -2.04. The normalized spacial score (nSPS) is 10.9. The second-order valence-corrected chi connectivity index (χ2v) is 3.98. The van der Waals surface area contributed by atoms with Crippen molar-refractivity contribution in [2.75, 3.05) is 20.3 Å². The van der Waals surface area contributed by atoms with Gasteiger partial charge in [0.2, 0.25) is 0 Å². The summed E-state index contributed by atoms with van der Waals surface area (Å²) in [6, 6.07) is 2.17. The Labute approximate surface area is 98.0 Å². The molecule has 0 radical (unpaired) electrons. The van der Waals surface area contributed by atoms with Crippen molar-refractivity contribution in [3.63, 3.8) is 0 Å². The van der Waals surface area contributed by atoms with E-state index in [1.54, 1.807) is 7.11 Å². The summed E-state index contributed by atoms with van der Waals surface area (Å²) in [5.74, 6) is 0. The number of hydrogen-bond acceptors (Lipinski definition) is 3. The van der Waals surface area contributed by atoms with Gasteiger partial charge in [-0.1, -0.05) is 6.92 Å². The van der Waals surface area contributed by atoms with Crippen LogP contribution in [0.1, 0.15) is 31.2 Å². The van der Waals surface area contributed by atoms with Gasteiger partial charge in [0.05, 0.1) is 11.4 Å². The molecule has 0 aromatic carbocycles. The van der Waals surface area contributed by atoms with Crippen LogP contribution in [0.5, 0.6) is 0 Å². The van der Waals surface area contributed by atoms with Crippen molar-refractivity contribution in [3.05, 3.63) is 17.5 Å². The summed E-state index contributed by atoms with van der Waals surface area (Å²) in [5, 5.41) is 7.84. The SMILES string of the molecule is CCc1cc(CNCCCCOC)n(C)n1. The van der Waals surface area contributed by atoms with E-state index in [1.165, 1.54) is 11.4 Å². The molecule has 0 amide bonds. The number of nitrogens with zero attached hydrogens (tertiary/aromatic N) is 2. The van der Waals surface area contributed by atoms with Crippen molar-refractivity contribution in [1.29, 1.82) is 0 Å². The van der Waals surface area contributed by atoms with Crippen molar-refractivity contribution < 1.29 is 4.74 Å². The van der Waals surface area contributed by atoms with Crippen LogP contribution in [0, 0.1) is 0 Å². The second kappa shape index (κ2) is 7.41. The minimum absolute atomic E-state index is 0.855. The third-order valence-corrected chi connectivity index (χ3v) is 2.65. The van der Waals surface area contributed by atoms with Gasteiger partial charge in [-0.05, 0) is 31.9 Å². The van der Waals surface area contributed by atoms with Crippen LogP contribution in [0.4, 0.5) is 0 Å². The van der Waals surface area contributed by atoms with Crippen molar-refractivity contribution >= 4 is 0 Å². The quantitative estimate of drug-likeness (QED) is 0.681. The second-order valence-electron chi connectivity index (χ2n) is 3.98. The molecule has 1 aromatic heterocycles. The van der Waals surface area contributed by atoms with E-state index in [9.17, 15) is 0 Å². The molecule has 1 N–H and O–H groups in total. The maximum absolute atomic E-state index is 5.00. The van der Waals surface area contributed by atoms with E-state index in [1.807, 2.05) is 11.7 Å². The summed E-state index contributed by atoms with van der Waals surface area (Å²) in [6.07, 6.45) is 3.28. The topological polar surface area (TPSA) is 39.1 Å². The summed E-state index contributed by atoms with van der Waals surface area (Å²) in [6.45, 7) is 4.92. The summed E-state index contributed by atoms with van der Waals surface area (Å²) in [7, 11) is 3.75. The minimum Gasteiger partial charge on any atom is -0.385 e. The number of hydrogen-bond donors (Lipinski definition) is 1. The van der Waals surface area contributed by atoms with Crippen LogP contribution >= 0.6 is 0 Å². The molecule has 92 valence electrons. The first-order chi connectivity index (χ1) is 7.77. The molecule has 0 unspecified atom stereocenters. The van der Waals surface area contributed by atoms with E-state index < -0.39 is 0 Å². The van der Waals surface area contributed by atoms with Crippen LogP contribution in [0.2, 0.25) is 0 Å². The van der Waals surface area contributed by atoms with Gasteiger partial charge in [0.1, 0.15) is 0 Å². The van der Waals surface area contributed by atoms with Crippen molar-refractivity contribution in [3.8, 4) is 0 Å². The molecule has 0 bridgehead atoms. The van der Waals surface area contributed by atoms with Gasteiger partial charge in [0, 0.05) is 27.3 Å². The minimum atomic E-state index is 0.855. The number of aryl methyl sites for hydroxylation is 2. The van der Waals surface area contributed by atoms with E-state index in [-0.39, 0.29) is 0 Å². The van der Waals surface area contributed by atoms with Crippen LogP contribution in [-0.4, -0.2) is 30.0 Å². The highest BCUT2D eigenvalue weighted by Gasteiger charge is 2.02. The Bertz CT molecular complexity index is 296. The van der Waals surface area contributed by atoms with Gasteiger partial charge < -0.3 is 10.1 Å². The predicted molar refractivity (Wildman–Crippen MR) is 65.4 cm³/mol. The Morgan fingerprint density at radius 1 is 1.44 bits per heavy atom. The number of nitrogens with one attached hydrogen (secondary N) is 1. The highest BCUT2D eigenvalue weighted by atomic mass is 16.5. The Hall–Kier alpha value is -0.870. The van der Waals surface area contributed by atoms with Crippen molar-refractivity contribution in [2.45, 2.75) is 32.7 Å². The molecule has 1 aromatic rings. The van der Waals surface area contributed by atoms with E-state index in [0.717, 1.165) is 39.0 Å². The Morgan fingerprint density at radius 2 is 2.25 bits per heavy atom. The molecule has 0 spiro atoms. The average molecular weight is 225 g/mol. The zero-order valence-electron chi connectivity index (χ0n) is 10.6. The summed E-state index contributed by atoms with van der Waals surface area (Å²) in [5.41, 5.74) is 2.42. The summed E-state index contributed by atoms with van der Waals surface area (Å²) in [4.78, 5) is 0. The van der Waals surface area contributed by atoms with Crippen LogP contribution in [0.15, 0.2) is 6.07 Å². The molecule has 4 nitrogen and oxygen atoms in total. The first-order valence-electron chi connectivity index (χ1n) is 5.99. The van der Waals surface area contributed by atoms with Gasteiger partial charge in [-0.2, -0.15) is 5.10 Å². The molecule has 1 rings (SSSR count). The van der Waals surface area contributed by atoms with E-state index in [4.69, 9.17) is 4.74 Å². The molecule has 0 saturated heterocycles. The average Bonchev–Trinajstić information content (AvgIpc) is 2.65. The number of unbranched alkanes of at least 4 members (excludes halogenated alkanes) is 1. The lowest BCUT2D eigenvalue weighted by Crippen LogP contribution is -2.17. The Balaban J connectivity index is 2.18. The highest BCUT2D eigenvalue weighted by Crippen LogP contribution is 2.03. The maximum atomic E-state index is 5.00. The van der Waals surface area contributed by atoms with Crippen molar-refractivity contribution in [1.82, 2.24) is 15.1 Å². The van der Waals surface area contributed by atoms with E-state index >= 15 is 0 Å². The molecule has 0 aliphatic carbocycles. The molecule has 0 aliphatic rings. The highest BCUT2D eigenvalue weighted by molar-refractivity contribution is 5.09. The molecule has 16 heavy (non-hydrogen) atoms. The lowest BCUT2D eigenvalue weighted by atomic mass is 10.3. The molecule has 1 heterocycles. The van der Waals surface area contributed by atoms with Crippen LogP contribution in [-0.2, 0) is 24.8 Å². The number of rotatable bonds is 8. The molecule has 4 heteroatoms. The van der Waals surface area contributed by atoms with Gasteiger partial charge >= 0.3 is 0 Å². The number of aromatic nitrogens is 2. The van der Waals surface area contributed by atoms with Gasteiger partial charge in [0.25, 0.3) is 0 Å². The Kier molecular flexibility index (Phi) is 6.11. The van der Waals surface area contributed by atoms with E-state index in [2.05, 4.69) is 23.4 Å². The van der Waals surface area contributed by atoms with Crippen molar-refractivity contribution in [2.24, 2.45) is 7.05 Å². The molecule has 0 fully saturated rings. The molecular formula is C12H23N3O. The number of ether oxygens (including phenoxy) is 1. The smallest absolute Gasteiger partial charge is 0.0625 e. The zero-order valence-corrected chi connectivity index (χ0v) is 10.6. The van der Waals surface area contributed by atoms with Crippen LogP contribution < -0.4 is 5.32 Å². The molecule has 0 aliphatic heterocycles. The number of methoxy groups -OCH3 is 1. The standard InChI is InChI=1S/C12H23N3O/c1-4-11-9-12(15(2)14-11)10-13-7-5-6-8-16-3/h9,13H,4-8,10H2,1-3H3. The molecule has 0 atom stereocenters. The third kappa shape index (κ3) is 4.33. The first-order valence-corrected chi connectivity index (χ1v) is 5.99. The monoisotopic (exact) mass is 225 g/mol. The summed E-state index contributed by atoms with van der Waals surface area (Å²) >= 11 is 0. The Morgan fingerprint density at radius 3 is 2.88 bits per heavy atom. The van der Waals surface area contributed by atoms with Gasteiger partial charge in [0.15, 0.2) is 0 Å². The molecule has 0 saturated carbocycles. The van der Waals surface area contributed by atoms with Crippen LogP contribution in [0.25, 0.3) is 0 Å². The first kappa shape index (κ1) is 13.2. The molecular weight excluding hydrogens is 202 g/mol. The largest absolute Gasteiger partial charge is 0.385 e. The predicted octanol–water partition coefficient (Wildman–Crippen LogP) is 1.50. The fourth-order valence-electron chi connectivity index (χ4n) is 1.62. The zero-order chi connectivity index (χ0) is 11.8. The van der Waals surface area contributed by atoms with Gasteiger partial charge in [-0.15, -0.1) is 0 Å². The fraction of sp³-hybridized carbons (Fsp3) is 0.750. The van der Waals surface area contributed by atoms with Gasteiger partial charge in [-0.25, -0.2) is 0 Å². The maximum Gasteiger partial charge on any atom is 0.0625 e. The third-order valence-electron chi connectivity index (χ3n) is 2.65. The van der Waals surface area contributed by atoms with Gasteiger partial charge in [-0.3, -0.25) is 4.68 Å². The van der Waals surface area contributed by atoms with E-state index in [0.29, 0.717) is 0 Å². The van der Waals surface area contributed by atoms with Crippen LogP contribution in [0.3, 0.4) is 0 Å².